The van der Waals surface area contributed by atoms with Gasteiger partial charge in [0.1, 0.15) is 17.9 Å². The van der Waals surface area contributed by atoms with Gasteiger partial charge in [-0.2, -0.15) is 10.4 Å². The molecule has 3 heterocycles. The maximum absolute atomic E-state index is 12.3. The Morgan fingerprint density at radius 3 is 2.96 bits per heavy atom. The number of hydrogen-bond donors (Lipinski definition) is 1. The molecule has 1 aliphatic heterocycles. The van der Waals surface area contributed by atoms with E-state index in [0.717, 1.165) is 18.5 Å². The predicted octanol–water partition coefficient (Wildman–Crippen LogP) is 1.44. The van der Waals surface area contributed by atoms with Crippen molar-refractivity contribution in [3.8, 4) is 6.07 Å². The first-order valence-electron chi connectivity index (χ1n) is 8.05. The van der Waals surface area contributed by atoms with Crippen LogP contribution < -0.4 is 10.9 Å². The van der Waals surface area contributed by atoms with Gasteiger partial charge in [0.25, 0.3) is 5.56 Å². The van der Waals surface area contributed by atoms with Crippen LogP contribution in [0.3, 0.4) is 0 Å². The van der Waals surface area contributed by atoms with Crippen LogP contribution in [0.25, 0.3) is 0 Å². The van der Waals surface area contributed by atoms with Gasteiger partial charge in [0.05, 0.1) is 30.5 Å². The summed E-state index contributed by atoms with van der Waals surface area (Å²) in [6.45, 7) is 0.849. The van der Waals surface area contributed by atoms with Gasteiger partial charge in [0.15, 0.2) is 0 Å². The van der Waals surface area contributed by atoms with Crippen LogP contribution in [0.4, 0.5) is 5.82 Å². The van der Waals surface area contributed by atoms with E-state index in [1.165, 1.54) is 4.68 Å². The second-order valence-electron chi connectivity index (χ2n) is 6.18. The fraction of sp³-hybridized carbons (Fsp3) is 0.412. The third-order valence-corrected chi connectivity index (χ3v) is 4.46. The molecule has 2 aliphatic rings. The zero-order chi connectivity index (χ0) is 16.5. The first-order chi connectivity index (χ1) is 11.8. The highest BCUT2D eigenvalue weighted by Gasteiger charge is 2.33. The zero-order valence-corrected chi connectivity index (χ0v) is 13.1. The minimum atomic E-state index is -0.218. The summed E-state index contributed by atoms with van der Waals surface area (Å²) in [6, 6.07) is 8.57. The molecule has 0 amide bonds. The van der Waals surface area contributed by atoms with E-state index in [-0.39, 0.29) is 17.6 Å². The number of anilines is 1. The number of nitrogens with one attached hydrogen (secondary N) is 1. The Bertz CT molecular complexity index is 853. The Kier molecular flexibility index (Phi) is 3.75. The lowest BCUT2D eigenvalue weighted by Gasteiger charge is -2.21. The smallest absolute Gasteiger partial charge is 0.267 e. The quantitative estimate of drug-likeness (QED) is 0.915. The number of ether oxygens (including phenoxy) is 1. The molecule has 0 aromatic carbocycles. The first-order valence-corrected chi connectivity index (χ1v) is 8.05. The average Bonchev–Trinajstić information content (AvgIpc) is 3.36. The lowest BCUT2D eigenvalue weighted by Crippen LogP contribution is -2.37. The summed E-state index contributed by atoms with van der Waals surface area (Å²) in [5.41, 5.74) is 1.30. The summed E-state index contributed by atoms with van der Waals surface area (Å²) in [4.78, 5) is 16.5. The minimum absolute atomic E-state index is 0.136. The summed E-state index contributed by atoms with van der Waals surface area (Å²) >= 11 is 0. The summed E-state index contributed by atoms with van der Waals surface area (Å²) in [5, 5.41) is 17.0. The van der Waals surface area contributed by atoms with Crippen LogP contribution in [0.1, 0.15) is 36.1 Å². The van der Waals surface area contributed by atoms with E-state index < -0.39 is 0 Å². The van der Waals surface area contributed by atoms with Crippen molar-refractivity contribution in [3.05, 3.63) is 52.1 Å². The Morgan fingerprint density at radius 2 is 2.17 bits per heavy atom. The maximum Gasteiger partial charge on any atom is 0.267 e. The molecule has 0 radical (unpaired) electrons. The molecule has 1 saturated carbocycles. The molecule has 2 aromatic rings. The van der Waals surface area contributed by atoms with Gasteiger partial charge in [-0.3, -0.25) is 4.79 Å². The Labute approximate surface area is 138 Å². The molecule has 0 spiro atoms. The van der Waals surface area contributed by atoms with Gasteiger partial charge in [-0.1, -0.05) is 0 Å². The lowest BCUT2D eigenvalue weighted by molar-refractivity contribution is 0.182. The third kappa shape index (κ3) is 2.76. The van der Waals surface area contributed by atoms with Gasteiger partial charge in [-0.25, -0.2) is 9.67 Å². The van der Waals surface area contributed by atoms with Crippen molar-refractivity contribution in [3.63, 3.8) is 0 Å². The zero-order valence-electron chi connectivity index (χ0n) is 13.1. The number of nitriles is 1. The fourth-order valence-electron chi connectivity index (χ4n) is 2.98. The second kappa shape index (κ2) is 6.06. The number of nitrogens with zero attached hydrogens (tertiary/aromatic N) is 4. The molecule has 2 unspecified atom stereocenters. The van der Waals surface area contributed by atoms with Crippen molar-refractivity contribution in [1.29, 1.82) is 5.26 Å². The van der Waals surface area contributed by atoms with Crippen LogP contribution in [-0.2, 0) is 4.74 Å². The van der Waals surface area contributed by atoms with Gasteiger partial charge in [0.2, 0.25) is 0 Å². The largest absolute Gasteiger partial charge is 0.377 e. The number of aromatic nitrogens is 3. The molecular formula is C17H17N5O2. The number of hydrogen-bond acceptors (Lipinski definition) is 6. The average molecular weight is 323 g/mol. The lowest BCUT2D eigenvalue weighted by atomic mass is 10.1. The number of pyridine rings is 1. The molecule has 2 fully saturated rings. The van der Waals surface area contributed by atoms with E-state index in [9.17, 15) is 10.1 Å². The molecule has 2 aromatic heterocycles. The van der Waals surface area contributed by atoms with Crippen molar-refractivity contribution >= 4 is 5.82 Å². The molecule has 7 heteroatoms. The SMILES string of the molecule is N#Cc1cccnc1NC1COCC1n1nc(C2CC2)ccc1=O. The molecule has 4 rings (SSSR count). The summed E-state index contributed by atoms with van der Waals surface area (Å²) < 4.78 is 7.09. The van der Waals surface area contributed by atoms with Crippen molar-refractivity contribution in [2.75, 3.05) is 18.5 Å². The summed E-state index contributed by atoms with van der Waals surface area (Å²) in [6.07, 6.45) is 3.90. The van der Waals surface area contributed by atoms with E-state index in [4.69, 9.17) is 4.74 Å². The molecular weight excluding hydrogens is 306 g/mol. The Balaban J connectivity index is 1.62. The van der Waals surface area contributed by atoms with E-state index in [1.807, 2.05) is 6.07 Å². The first kappa shape index (κ1) is 14.8. The van der Waals surface area contributed by atoms with Crippen LogP contribution >= 0.6 is 0 Å². The molecule has 7 nitrogen and oxygen atoms in total. The topological polar surface area (TPSA) is 92.8 Å². The van der Waals surface area contributed by atoms with Crippen LogP contribution in [0, 0.1) is 11.3 Å². The highest BCUT2D eigenvalue weighted by Crippen LogP contribution is 2.38. The Morgan fingerprint density at radius 1 is 1.29 bits per heavy atom. The van der Waals surface area contributed by atoms with E-state index in [1.54, 1.807) is 24.4 Å². The molecule has 2 atom stereocenters. The highest BCUT2D eigenvalue weighted by molar-refractivity contribution is 5.52. The van der Waals surface area contributed by atoms with Gasteiger partial charge >= 0.3 is 0 Å². The van der Waals surface area contributed by atoms with Gasteiger partial charge < -0.3 is 10.1 Å². The van der Waals surface area contributed by atoms with Crippen LogP contribution in [0.5, 0.6) is 0 Å². The molecule has 1 aliphatic carbocycles. The van der Waals surface area contributed by atoms with E-state index in [0.29, 0.717) is 30.5 Å². The molecule has 1 N–H and O–H groups in total. The van der Waals surface area contributed by atoms with E-state index in [2.05, 4.69) is 21.5 Å². The molecule has 24 heavy (non-hydrogen) atoms. The van der Waals surface area contributed by atoms with Gasteiger partial charge in [0, 0.05) is 18.2 Å². The monoisotopic (exact) mass is 323 g/mol. The normalized spacial score (nSPS) is 23.0. The van der Waals surface area contributed by atoms with Crippen molar-refractivity contribution in [2.45, 2.75) is 30.8 Å². The van der Waals surface area contributed by atoms with Crippen molar-refractivity contribution < 1.29 is 4.74 Å². The molecule has 0 bridgehead atoms. The standard InChI is InChI=1S/C17H17N5O2/c18-8-12-2-1-7-19-17(12)20-14-9-24-10-15(14)22-16(23)6-5-13(21-22)11-3-4-11/h1-2,5-7,11,14-15H,3-4,9-10H2,(H,19,20). The van der Waals surface area contributed by atoms with Crippen molar-refractivity contribution in [2.24, 2.45) is 0 Å². The second-order valence-corrected chi connectivity index (χ2v) is 6.18. The molecule has 122 valence electrons. The minimum Gasteiger partial charge on any atom is -0.377 e. The highest BCUT2D eigenvalue weighted by atomic mass is 16.5. The van der Waals surface area contributed by atoms with Crippen molar-refractivity contribution in [1.82, 2.24) is 14.8 Å². The Hall–Kier alpha value is -2.72. The predicted molar refractivity (Wildman–Crippen MR) is 86.7 cm³/mol. The third-order valence-electron chi connectivity index (χ3n) is 4.46. The van der Waals surface area contributed by atoms with E-state index >= 15 is 0 Å². The van der Waals surface area contributed by atoms with Crippen LogP contribution in [0.15, 0.2) is 35.3 Å². The number of rotatable bonds is 4. The van der Waals surface area contributed by atoms with Crippen LogP contribution in [-0.4, -0.2) is 34.0 Å². The summed E-state index contributed by atoms with van der Waals surface area (Å²) in [7, 11) is 0. The van der Waals surface area contributed by atoms with Gasteiger partial charge in [-0.05, 0) is 31.0 Å². The van der Waals surface area contributed by atoms with Crippen LogP contribution in [0.2, 0.25) is 0 Å². The maximum atomic E-state index is 12.3. The summed E-state index contributed by atoms with van der Waals surface area (Å²) in [5.74, 6) is 0.985. The fourth-order valence-corrected chi connectivity index (χ4v) is 2.98. The van der Waals surface area contributed by atoms with Gasteiger partial charge in [-0.15, -0.1) is 0 Å². The molecule has 1 saturated heterocycles.